The number of aryl methyl sites for hydroxylation is 1. The van der Waals surface area contributed by atoms with Gasteiger partial charge in [0.1, 0.15) is 11.6 Å². The Morgan fingerprint density at radius 1 is 1.28 bits per heavy atom. The molecule has 1 aromatic heterocycles. The van der Waals surface area contributed by atoms with E-state index in [1.165, 1.54) is 12.1 Å². The molecule has 2 aromatic rings. The van der Waals surface area contributed by atoms with Crippen LogP contribution in [0.15, 0.2) is 36.5 Å². The van der Waals surface area contributed by atoms with Gasteiger partial charge in [-0.25, -0.2) is 14.8 Å². The van der Waals surface area contributed by atoms with Crippen LogP contribution >= 0.6 is 0 Å². The van der Waals surface area contributed by atoms with Gasteiger partial charge in [0.05, 0.1) is 6.04 Å². The summed E-state index contributed by atoms with van der Waals surface area (Å²) in [4.78, 5) is 4.01. The van der Waals surface area contributed by atoms with Crippen molar-refractivity contribution in [3.8, 4) is 0 Å². The van der Waals surface area contributed by atoms with E-state index >= 15 is 0 Å². The first-order valence-corrected chi connectivity index (χ1v) is 5.56. The van der Waals surface area contributed by atoms with Gasteiger partial charge in [-0.2, -0.15) is 0 Å². The van der Waals surface area contributed by atoms with Crippen molar-refractivity contribution in [2.45, 2.75) is 13.0 Å². The molecule has 0 spiro atoms. The number of nitrogens with one attached hydrogen (secondary N) is 1. The van der Waals surface area contributed by atoms with Gasteiger partial charge in [-0.05, 0) is 36.2 Å². The molecule has 5 heteroatoms. The molecule has 4 nitrogen and oxygen atoms in total. The Labute approximate surface area is 105 Å². The molecule has 0 saturated heterocycles. The molecule has 0 aliphatic rings. The third-order valence-corrected chi connectivity index (χ3v) is 2.90. The van der Waals surface area contributed by atoms with Gasteiger partial charge in [-0.15, -0.1) is 0 Å². The van der Waals surface area contributed by atoms with Crippen LogP contribution in [-0.2, 0) is 0 Å². The number of halogens is 1. The molecule has 0 amide bonds. The van der Waals surface area contributed by atoms with Crippen molar-refractivity contribution in [1.29, 1.82) is 0 Å². The highest BCUT2D eigenvalue weighted by Gasteiger charge is 2.18. The standard InChI is InChI=1S/C13H15FN4/c1-8-4-5-9(14)7-11(8)12(18-16)10-3-2-6-17-13(10)15/h2-7,12,18H,16H2,1H3,(H2,15,17). The van der Waals surface area contributed by atoms with Gasteiger partial charge in [-0.1, -0.05) is 12.1 Å². The fourth-order valence-electron chi connectivity index (χ4n) is 1.94. The molecule has 0 fully saturated rings. The average Bonchev–Trinajstić information content (AvgIpc) is 2.36. The largest absolute Gasteiger partial charge is 0.383 e. The molecule has 1 atom stereocenters. The van der Waals surface area contributed by atoms with E-state index in [1.54, 1.807) is 18.3 Å². The average molecular weight is 246 g/mol. The second-order valence-corrected chi connectivity index (χ2v) is 4.08. The third-order valence-electron chi connectivity index (χ3n) is 2.90. The maximum Gasteiger partial charge on any atom is 0.128 e. The molecule has 5 N–H and O–H groups in total. The van der Waals surface area contributed by atoms with Gasteiger partial charge in [-0.3, -0.25) is 5.84 Å². The van der Waals surface area contributed by atoms with Crippen molar-refractivity contribution < 1.29 is 4.39 Å². The van der Waals surface area contributed by atoms with Crippen molar-refractivity contribution in [3.05, 3.63) is 59.0 Å². The molecule has 18 heavy (non-hydrogen) atoms. The van der Waals surface area contributed by atoms with Crippen LogP contribution in [0.4, 0.5) is 10.2 Å². The first-order valence-electron chi connectivity index (χ1n) is 5.56. The second kappa shape index (κ2) is 5.12. The molecular formula is C13H15FN4. The SMILES string of the molecule is Cc1ccc(F)cc1C(NN)c1cccnc1N. The van der Waals surface area contributed by atoms with Crippen molar-refractivity contribution in [3.63, 3.8) is 0 Å². The first-order chi connectivity index (χ1) is 8.63. The summed E-state index contributed by atoms with van der Waals surface area (Å²) >= 11 is 0. The van der Waals surface area contributed by atoms with E-state index in [0.29, 0.717) is 5.82 Å². The number of anilines is 1. The summed E-state index contributed by atoms with van der Waals surface area (Å²) in [5.41, 5.74) is 10.9. The maximum absolute atomic E-state index is 13.3. The Bertz CT molecular complexity index is 556. The lowest BCUT2D eigenvalue weighted by Crippen LogP contribution is -2.30. The lowest BCUT2D eigenvalue weighted by atomic mass is 9.96. The molecule has 1 unspecified atom stereocenters. The molecule has 2 rings (SSSR count). The Hall–Kier alpha value is -1.98. The monoisotopic (exact) mass is 246 g/mol. The minimum absolute atomic E-state index is 0.307. The number of aromatic nitrogens is 1. The van der Waals surface area contributed by atoms with E-state index in [4.69, 9.17) is 11.6 Å². The number of pyridine rings is 1. The molecule has 1 aromatic carbocycles. The van der Waals surface area contributed by atoms with Crippen LogP contribution in [-0.4, -0.2) is 4.98 Å². The second-order valence-electron chi connectivity index (χ2n) is 4.08. The zero-order valence-corrected chi connectivity index (χ0v) is 10.0. The zero-order valence-electron chi connectivity index (χ0n) is 10.0. The van der Waals surface area contributed by atoms with Crippen LogP contribution in [0.25, 0.3) is 0 Å². The molecule has 0 saturated carbocycles. The summed E-state index contributed by atoms with van der Waals surface area (Å²) in [7, 11) is 0. The summed E-state index contributed by atoms with van der Waals surface area (Å²) in [5, 5.41) is 0. The number of rotatable bonds is 3. The predicted octanol–water partition coefficient (Wildman–Crippen LogP) is 1.66. The van der Waals surface area contributed by atoms with Crippen LogP contribution in [0.1, 0.15) is 22.7 Å². The highest BCUT2D eigenvalue weighted by molar-refractivity contribution is 5.47. The number of hydrogen-bond acceptors (Lipinski definition) is 4. The smallest absolute Gasteiger partial charge is 0.128 e. The summed E-state index contributed by atoms with van der Waals surface area (Å²) in [6.07, 6.45) is 1.60. The van der Waals surface area contributed by atoms with Crippen molar-refractivity contribution >= 4 is 5.82 Å². The molecule has 0 radical (unpaired) electrons. The van der Waals surface area contributed by atoms with E-state index in [-0.39, 0.29) is 11.9 Å². The van der Waals surface area contributed by atoms with E-state index in [9.17, 15) is 4.39 Å². The number of hydrogen-bond donors (Lipinski definition) is 3. The van der Waals surface area contributed by atoms with Crippen molar-refractivity contribution in [1.82, 2.24) is 10.4 Å². The first kappa shape index (κ1) is 12.5. The summed E-state index contributed by atoms with van der Waals surface area (Å²) in [6.45, 7) is 1.89. The molecular weight excluding hydrogens is 231 g/mol. The number of nitrogen functional groups attached to an aromatic ring is 1. The highest BCUT2D eigenvalue weighted by Crippen LogP contribution is 2.27. The van der Waals surface area contributed by atoms with Gasteiger partial charge in [0.15, 0.2) is 0 Å². The molecule has 0 aliphatic heterocycles. The van der Waals surface area contributed by atoms with E-state index in [2.05, 4.69) is 10.4 Å². The normalized spacial score (nSPS) is 12.4. The quantitative estimate of drug-likeness (QED) is 0.568. The Balaban J connectivity index is 2.52. The lowest BCUT2D eigenvalue weighted by Gasteiger charge is -2.20. The topological polar surface area (TPSA) is 77.0 Å². The molecule has 0 aliphatic carbocycles. The summed E-state index contributed by atoms with van der Waals surface area (Å²) in [5.74, 6) is 5.64. The molecule has 0 bridgehead atoms. The van der Waals surface area contributed by atoms with Crippen LogP contribution in [0.2, 0.25) is 0 Å². The highest BCUT2D eigenvalue weighted by atomic mass is 19.1. The van der Waals surface area contributed by atoms with Crippen LogP contribution in [0, 0.1) is 12.7 Å². The minimum atomic E-state index is -0.380. The van der Waals surface area contributed by atoms with Crippen molar-refractivity contribution in [2.24, 2.45) is 5.84 Å². The van der Waals surface area contributed by atoms with Crippen LogP contribution < -0.4 is 17.0 Å². The van der Waals surface area contributed by atoms with Gasteiger partial charge in [0.2, 0.25) is 0 Å². The number of hydrazine groups is 1. The van der Waals surface area contributed by atoms with Crippen molar-refractivity contribution in [2.75, 3.05) is 5.73 Å². The van der Waals surface area contributed by atoms with E-state index in [1.807, 2.05) is 13.0 Å². The Morgan fingerprint density at radius 3 is 2.72 bits per heavy atom. The van der Waals surface area contributed by atoms with E-state index < -0.39 is 0 Å². The maximum atomic E-state index is 13.3. The Morgan fingerprint density at radius 2 is 2.06 bits per heavy atom. The van der Waals surface area contributed by atoms with Gasteiger partial charge < -0.3 is 5.73 Å². The van der Waals surface area contributed by atoms with Crippen LogP contribution in [0.3, 0.4) is 0 Å². The van der Waals surface area contributed by atoms with E-state index in [0.717, 1.165) is 16.7 Å². The van der Waals surface area contributed by atoms with Crippen LogP contribution in [0.5, 0.6) is 0 Å². The van der Waals surface area contributed by atoms with Gasteiger partial charge >= 0.3 is 0 Å². The zero-order chi connectivity index (χ0) is 13.1. The predicted molar refractivity (Wildman–Crippen MR) is 69.0 cm³/mol. The Kier molecular flexibility index (Phi) is 3.55. The number of nitrogens with zero attached hydrogens (tertiary/aromatic N) is 1. The summed E-state index contributed by atoms with van der Waals surface area (Å²) < 4.78 is 13.3. The van der Waals surface area contributed by atoms with Gasteiger partial charge in [0.25, 0.3) is 0 Å². The van der Waals surface area contributed by atoms with Gasteiger partial charge in [0, 0.05) is 11.8 Å². The fraction of sp³-hybridized carbons (Fsp3) is 0.154. The molecule has 94 valence electrons. The summed E-state index contributed by atoms with van der Waals surface area (Å²) in [6, 6.07) is 7.78. The fourth-order valence-corrected chi connectivity index (χ4v) is 1.94. The number of benzene rings is 1. The molecule has 1 heterocycles. The third kappa shape index (κ3) is 2.32. The lowest BCUT2D eigenvalue weighted by molar-refractivity contribution is 0.602. The minimum Gasteiger partial charge on any atom is -0.383 e. The number of nitrogens with two attached hydrogens (primary N) is 2.